The molecule has 9 heteroatoms. The molecule has 2 aromatic rings. The lowest BCUT2D eigenvalue weighted by molar-refractivity contribution is -0.117. The zero-order valence-corrected chi connectivity index (χ0v) is 17.7. The SMILES string of the molecule is O=C(NC1CC(F)(F)C1)c1cc(NC(=O)[C@H]2[C@H](c3ccccc3)C2(Cl)Cl)ccc1Cl. The Morgan fingerprint density at radius 2 is 1.70 bits per heavy atom. The van der Waals surface area contributed by atoms with E-state index in [2.05, 4.69) is 10.6 Å². The summed E-state index contributed by atoms with van der Waals surface area (Å²) in [5.41, 5.74) is 1.27. The fourth-order valence-corrected chi connectivity index (χ4v) is 4.78. The van der Waals surface area contributed by atoms with Gasteiger partial charge in [0.25, 0.3) is 11.8 Å². The second-order valence-corrected chi connectivity index (χ2v) is 9.51. The molecule has 158 valence electrons. The van der Waals surface area contributed by atoms with Crippen LogP contribution < -0.4 is 10.6 Å². The molecule has 0 bridgehead atoms. The first-order valence-corrected chi connectivity index (χ1v) is 10.4. The van der Waals surface area contributed by atoms with E-state index in [4.69, 9.17) is 34.8 Å². The van der Waals surface area contributed by atoms with Crippen LogP contribution in [0.2, 0.25) is 5.02 Å². The van der Waals surface area contributed by atoms with Gasteiger partial charge in [-0.1, -0.05) is 41.9 Å². The highest BCUT2D eigenvalue weighted by molar-refractivity contribution is 6.53. The van der Waals surface area contributed by atoms with Gasteiger partial charge in [-0.05, 0) is 23.8 Å². The third kappa shape index (κ3) is 4.13. The largest absolute Gasteiger partial charge is 0.349 e. The smallest absolute Gasteiger partial charge is 0.253 e. The number of hydrogen-bond donors (Lipinski definition) is 2. The fourth-order valence-electron chi connectivity index (χ4n) is 3.75. The van der Waals surface area contributed by atoms with Crippen molar-refractivity contribution in [3.05, 3.63) is 64.7 Å². The van der Waals surface area contributed by atoms with E-state index in [0.29, 0.717) is 5.69 Å². The van der Waals surface area contributed by atoms with E-state index in [1.807, 2.05) is 30.3 Å². The molecule has 2 atom stereocenters. The van der Waals surface area contributed by atoms with Crippen molar-refractivity contribution in [3.63, 3.8) is 0 Å². The molecule has 0 radical (unpaired) electrons. The van der Waals surface area contributed by atoms with Crippen molar-refractivity contribution in [1.82, 2.24) is 5.32 Å². The Morgan fingerprint density at radius 3 is 2.33 bits per heavy atom. The lowest BCUT2D eigenvalue weighted by atomic mass is 9.88. The van der Waals surface area contributed by atoms with Crippen molar-refractivity contribution in [1.29, 1.82) is 0 Å². The summed E-state index contributed by atoms with van der Waals surface area (Å²) in [6, 6.07) is 13.0. The van der Waals surface area contributed by atoms with Gasteiger partial charge in [0, 0.05) is 30.5 Å². The Hall–Kier alpha value is -1.89. The third-order valence-electron chi connectivity index (χ3n) is 5.40. The Labute approximate surface area is 186 Å². The van der Waals surface area contributed by atoms with E-state index in [0.717, 1.165) is 5.56 Å². The number of rotatable bonds is 5. The normalized spacial score (nSPS) is 23.9. The van der Waals surface area contributed by atoms with Crippen LogP contribution in [0.1, 0.15) is 34.7 Å². The van der Waals surface area contributed by atoms with Gasteiger partial charge in [0.15, 0.2) is 0 Å². The molecule has 30 heavy (non-hydrogen) atoms. The van der Waals surface area contributed by atoms with Crippen molar-refractivity contribution in [2.45, 2.75) is 35.1 Å². The van der Waals surface area contributed by atoms with Crippen LogP contribution in [0.4, 0.5) is 14.5 Å². The molecule has 4 rings (SSSR count). The monoisotopic (exact) mass is 472 g/mol. The minimum atomic E-state index is -2.74. The molecule has 2 aliphatic rings. The van der Waals surface area contributed by atoms with Crippen LogP contribution in [-0.2, 0) is 4.79 Å². The maximum absolute atomic E-state index is 13.0. The number of nitrogens with one attached hydrogen (secondary N) is 2. The van der Waals surface area contributed by atoms with Gasteiger partial charge < -0.3 is 10.6 Å². The van der Waals surface area contributed by atoms with Gasteiger partial charge in [-0.15, -0.1) is 23.2 Å². The quantitative estimate of drug-likeness (QED) is 0.572. The number of anilines is 1. The van der Waals surface area contributed by atoms with Gasteiger partial charge in [-0.3, -0.25) is 9.59 Å². The first-order valence-electron chi connectivity index (χ1n) is 9.30. The summed E-state index contributed by atoms with van der Waals surface area (Å²) >= 11 is 18.8. The minimum absolute atomic E-state index is 0.0862. The highest BCUT2D eigenvalue weighted by Gasteiger charge is 2.67. The van der Waals surface area contributed by atoms with Crippen LogP contribution >= 0.6 is 34.8 Å². The maximum atomic E-state index is 13.0. The molecule has 2 fully saturated rings. The van der Waals surface area contributed by atoms with E-state index >= 15 is 0 Å². The van der Waals surface area contributed by atoms with Gasteiger partial charge in [-0.25, -0.2) is 8.78 Å². The predicted octanol–water partition coefficient (Wildman–Crippen LogP) is 5.39. The molecule has 2 aromatic carbocycles. The average molecular weight is 474 g/mol. The number of alkyl halides is 4. The van der Waals surface area contributed by atoms with E-state index in [1.165, 1.54) is 12.1 Å². The summed E-state index contributed by atoms with van der Waals surface area (Å²) in [4.78, 5) is 25.2. The first kappa shape index (κ1) is 21.3. The van der Waals surface area contributed by atoms with Crippen LogP contribution in [-0.4, -0.2) is 28.1 Å². The molecular weight excluding hydrogens is 457 g/mol. The second-order valence-electron chi connectivity index (χ2n) is 7.66. The van der Waals surface area contributed by atoms with Gasteiger partial charge >= 0.3 is 0 Å². The molecule has 2 N–H and O–H groups in total. The van der Waals surface area contributed by atoms with Crippen LogP contribution in [0.15, 0.2) is 48.5 Å². The zero-order valence-electron chi connectivity index (χ0n) is 15.5. The molecule has 0 spiro atoms. The molecule has 0 unspecified atom stereocenters. The Bertz CT molecular complexity index is 993. The number of amides is 2. The maximum Gasteiger partial charge on any atom is 0.253 e. The van der Waals surface area contributed by atoms with Crippen LogP contribution in [0.3, 0.4) is 0 Å². The molecule has 2 saturated carbocycles. The Morgan fingerprint density at radius 1 is 1.03 bits per heavy atom. The van der Waals surface area contributed by atoms with Gasteiger partial charge in [0.2, 0.25) is 5.91 Å². The van der Waals surface area contributed by atoms with E-state index < -0.39 is 41.0 Å². The van der Waals surface area contributed by atoms with Crippen LogP contribution in [0.5, 0.6) is 0 Å². The lowest BCUT2D eigenvalue weighted by Crippen LogP contribution is -2.50. The van der Waals surface area contributed by atoms with Crippen molar-refractivity contribution < 1.29 is 18.4 Å². The minimum Gasteiger partial charge on any atom is -0.349 e. The summed E-state index contributed by atoms with van der Waals surface area (Å²) in [7, 11) is 0. The summed E-state index contributed by atoms with van der Waals surface area (Å²) in [5, 5.41) is 5.39. The van der Waals surface area contributed by atoms with E-state index in [9.17, 15) is 18.4 Å². The van der Waals surface area contributed by atoms with Crippen LogP contribution in [0.25, 0.3) is 0 Å². The molecule has 0 aliphatic heterocycles. The molecular formula is C21H17Cl3F2N2O2. The van der Waals surface area contributed by atoms with Crippen molar-refractivity contribution in [3.8, 4) is 0 Å². The highest BCUT2D eigenvalue weighted by atomic mass is 35.5. The Balaban J connectivity index is 1.44. The van der Waals surface area contributed by atoms with Gasteiger partial charge in [0.1, 0.15) is 4.33 Å². The first-order chi connectivity index (χ1) is 14.1. The third-order valence-corrected chi connectivity index (χ3v) is 6.67. The van der Waals surface area contributed by atoms with E-state index in [-0.39, 0.29) is 22.4 Å². The second kappa shape index (κ2) is 7.66. The fraction of sp³-hybridized carbons (Fsp3) is 0.333. The summed E-state index contributed by atoms with van der Waals surface area (Å²) in [6.45, 7) is 0. The standard InChI is InChI=1S/C21H17Cl3F2N2O2/c22-15-7-6-12(8-14(15)18(29)28-13-9-20(25,26)10-13)27-19(30)17-16(21(17,23)24)11-4-2-1-3-5-11/h1-8,13,16-17H,9-10H2,(H,27,30)(H,28,29)/t16-,17+/m0/s1. The topological polar surface area (TPSA) is 58.2 Å². The zero-order chi connectivity index (χ0) is 21.7. The number of carbonyl (C=O) groups is 2. The molecule has 4 nitrogen and oxygen atoms in total. The van der Waals surface area contributed by atoms with Crippen LogP contribution in [0, 0.1) is 5.92 Å². The van der Waals surface area contributed by atoms with Gasteiger partial charge in [0.05, 0.1) is 16.5 Å². The number of benzene rings is 2. The molecule has 0 aromatic heterocycles. The van der Waals surface area contributed by atoms with Crippen molar-refractivity contribution in [2.24, 2.45) is 5.92 Å². The van der Waals surface area contributed by atoms with E-state index in [1.54, 1.807) is 6.07 Å². The molecule has 0 heterocycles. The number of hydrogen-bond acceptors (Lipinski definition) is 2. The average Bonchev–Trinajstić information content (AvgIpc) is 3.24. The van der Waals surface area contributed by atoms with Crippen molar-refractivity contribution in [2.75, 3.05) is 5.32 Å². The van der Waals surface area contributed by atoms with Gasteiger partial charge in [-0.2, -0.15) is 0 Å². The number of halogens is 5. The summed E-state index contributed by atoms with van der Waals surface area (Å²) in [5.74, 6) is -4.71. The Kier molecular flexibility index (Phi) is 5.45. The number of carbonyl (C=O) groups excluding carboxylic acids is 2. The molecule has 2 aliphatic carbocycles. The summed E-state index contributed by atoms with van der Waals surface area (Å²) < 4.78 is 24.7. The molecule has 0 saturated heterocycles. The molecule has 2 amide bonds. The lowest BCUT2D eigenvalue weighted by Gasteiger charge is -2.35. The summed E-state index contributed by atoms with van der Waals surface area (Å²) in [6.07, 6.45) is -0.800. The predicted molar refractivity (Wildman–Crippen MR) is 113 cm³/mol. The van der Waals surface area contributed by atoms with Crippen molar-refractivity contribution >= 4 is 52.3 Å². The highest BCUT2D eigenvalue weighted by Crippen LogP contribution is 2.65.